The Hall–Kier alpha value is -7.49. The number of alkyl halides is 3. The van der Waals surface area contributed by atoms with Crippen molar-refractivity contribution in [2.24, 2.45) is 0 Å². The molecule has 0 aromatic heterocycles. The number of halogens is 3. The topological polar surface area (TPSA) is 172 Å². The van der Waals surface area contributed by atoms with Gasteiger partial charge < -0.3 is 28.2 Å². The van der Waals surface area contributed by atoms with Crippen LogP contribution in [0.3, 0.4) is 0 Å². The minimum atomic E-state index is -6.09. The van der Waals surface area contributed by atoms with E-state index in [0.717, 1.165) is 15.9 Å². The van der Waals surface area contributed by atoms with Crippen LogP contribution in [0.15, 0.2) is 212 Å². The number of carbonyl (C=O) groups is 4. The van der Waals surface area contributed by atoms with Crippen molar-refractivity contribution in [1.29, 1.82) is 0 Å². The highest BCUT2D eigenvalue weighted by Crippen LogP contribution is 2.63. The van der Waals surface area contributed by atoms with E-state index in [1.165, 1.54) is 0 Å². The maximum absolute atomic E-state index is 14.5. The summed E-state index contributed by atoms with van der Waals surface area (Å²) in [5.74, 6) is -4.03. The standard InChI is InChI=1S/C52H42O9P.CHF3O3S/c53-48(37-22-8-1-9-23-37)57-36-44-45(59-49(54)38-24-10-2-11-25-38)46(60-50(55)39-26-12-3-13-27-39)47(61-51(56)40-28-14-4-15-29-40)52(58-44)62(41-30-16-5-17-31-41,42-32-18-6-19-33-42)43-34-20-7-21-35-43;2-1(3,4)8(5,6)7/h1-35,44-47,52H,36H2;(H,5,6,7)/q+1;/p-1/t44-,45-,46+,47-,52?;/m1./s1. The molecule has 1 aliphatic heterocycles. The maximum Gasteiger partial charge on any atom is 0.485 e. The van der Waals surface area contributed by atoms with E-state index in [0.29, 0.717) is 5.56 Å². The van der Waals surface area contributed by atoms with Crippen LogP contribution >= 0.6 is 7.26 Å². The highest BCUT2D eigenvalue weighted by Gasteiger charge is 2.66. The molecular weight excluding hydrogens is 949 g/mol. The van der Waals surface area contributed by atoms with Gasteiger partial charge in [-0.15, -0.1) is 0 Å². The van der Waals surface area contributed by atoms with Crippen LogP contribution < -0.4 is 15.9 Å². The molecule has 0 spiro atoms. The first-order valence-electron chi connectivity index (χ1n) is 21.4. The third-order valence-corrected chi connectivity index (χ3v) is 16.0. The molecule has 1 aliphatic rings. The van der Waals surface area contributed by atoms with Gasteiger partial charge in [-0.1, -0.05) is 127 Å². The van der Waals surface area contributed by atoms with E-state index in [4.69, 9.17) is 36.7 Å². The van der Waals surface area contributed by atoms with Crippen molar-refractivity contribution in [2.75, 3.05) is 6.61 Å². The highest BCUT2D eigenvalue weighted by atomic mass is 32.2. The monoisotopic (exact) mass is 990 g/mol. The summed E-state index contributed by atoms with van der Waals surface area (Å²) in [7, 11) is -9.31. The van der Waals surface area contributed by atoms with Gasteiger partial charge in [-0.25, -0.2) is 27.6 Å². The molecule has 70 heavy (non-hydrogen) atoms. The molecule has 1 saturated heterocycles. The quantitative estimate of drug-likeness (QED) is 0.0357. The lowest BCUT2D eigenvalue weighted by Crippen LogP contribution is -2.65. The van der Waals surface area contributed by atoms with Gasteiger partial charge in [-0.05, 0) is 84.9 Å². The largest absolute Gasteiger partial charge is 0.741 e. The lowest BCUT2D eigenvalue weighted by molar-refractivity contribution is -0.208. The van der Waals surface area contributed by atoms with Gasteiger partial charge in [0.15, 0.2) is 22.3 Å². The molecule has 0 N–H and O–H groups in total. The normalized spacial score (nSPS) is 17.9. The third-order valence-electron chi connectivity index (χ3n) is 10.9. The molecular formula is C53H42F3O12PS. The molecule has 0 amide bonds. The van der Waals surface area contributed by atoms with Crippen molar-refractivity contribution in [2.45, 2.75) is 35.8 Å². The Morgan fingerprint density at radius 3 is 1.04 bits per heavy atom. The molecule has 12 nitrogen and oxygen atoms in total. The van der Waals surface area contributed by atoms with Crippen LogP contribution in [-0.2, 0) is 33.8 Å². The molecule has 0 bridgehead atoms. The zero-order chi connectivity index (χ0) is 49.7. The zero-order valence-electron chi connectivity index (χ0n) is 36.7. The number of carbonyl (C=O) groups excluding carboxylic acids is 4. The minimum absolute atomic E-state index is 0.208. The summed E-state index contributed by atoms with van der Waals surface area (Å²) in [5.41, 5.74) is -4.70. The summed E-state index contributed by atoms with van der Waals surface area (Å²) in [4.78, 5) is 56.8. The van der Waals surface area contributed by atoms with Crippen LogP contribution in [0.4, 0.5) is 13.2 Å². The van der Waals surface area contributed by atoms with Crippen molar-refractivity contribution < 1.29 is 69.0 Å². The van der Waals surface area contributed by atoms with Crippen molar-refractivity contribution >= 4 is 57.2 Å². The van der Waals surface area contributed by atoms with Crippen molar-refractivity contribution in [3.05, 3.63) is 235 Å². The van der Waals surface area contributed by atoms with Crippen LogP contribution in [0.2, 0.25) is 0 Å². The summed E-state index contributed by atoms with van der Waals surface area (Å²) in [6.07, 6.45) is -5.69. The number of hydrogen-bond acceptors (Lipinski definition) is 12. The van der Waals surface area contributed by atoms with E-state index < -0.39 is 83.6 Å². The van der Waals surface area contributed by atoms with Gasteiger partial charge in [0.2, 0.25) is 11.9 Å². The van der Waals surface area contributed by atoms with Crippen LogP contribution in [0, 0.1) is 0 Å². The number of esters is 4. The summed E-state index contributed by atoms with van der Waals surface area (Å²) < 4.78 is 91.8. The Balaban J connectivity index is 0.000000830. The van der Waals surface area contributed by atoms with Gasteiger partial charge in [0.05, 0.1) is 22.3 Å². The van der Waals surface area contributed by atoms with Gasteiger partial charge in [0.25, 0.3) is 0 Å². The number of benzene rings is 7. The van der Waals surface area contributed by atoms with Gasteiger partial charge in [-0.3, -0.25) is 0 Å². The van der Waals surface area contributed by atoms with Crippen LogP contribution in [0.25, 0.3) is 0 Å². The molecule has 5 atom stereocenters. The Morgan fingerprint density at radius 1 is 0.457 bits per heavy atom. The predicted octanol–water partition coefficient (Wildman–Crippen LogP) is 8.29. The molecule has 0 aliphatic carbocycles. The van der Waals surface area contributed by atoms with E-state index in [2.05, 4.69) is 0 Å². The minimum Gasteiger partial charge on any atom is -0.741 e. The second-order valence-electron chi connectivity index (χ2n) is 15.4. The van der Waals surface area contributed by atoms with Crippen molar-refractivity contribution in [3.8, 4) is 0 Å². The molecule has 1 fully saturated rings. The summed E-state index contributed by atoms with van der Waals surface area (Å²) in [6.45, 7) is -0.436. The van der Waals surface area contributed by atoms with E-state index in [1.54, 1.807) is 121 Å². The predicted molar refractivity (Wildman–Crippen MR) is 253 cm³/mol. The Morgan fingerprint density at radius 2 is 0.729 bits per heavy atom. The molecule has 1 unspecified atom stereocenters. The van der Waals surface area contributed by atoms with Crippen molar-refractivity contribution in [3.63, 3.8) is 0 Å². The van der Waals surface area contributed by atoms with Crippen molar-refractivity contribution in [1.82, 2.24) is 0 Å². The summed E-state index contributed by atoms with van der Waals surface area (Å²) >= 11 is 0. The molecule has 7 aromatic rings. The number of hydrogen-bond donors (Lipinski definition) is 0. The van der Waals surface area contributed by atoms with Gasteiger partial charge >= 0.3 is 29.4 Å². The summed E-state index contributed by atoms with van der Waals surface area (Å²) in [5, 5.41) is 2.57. The molecule has 17 heteroatoms. The third kappa shape index (κ3) is 11.8. The van der Waals surface area contributed by atoms with E-state index in [-0.39, 0.29) is 16.7 Å². The Labute approximate surface area is 401 Å². The van der Waals surface area contributed by atoms with Crippen LogP contribution in [0.5, 0.6) is 0 Å². The molecule has 7 aromatic carbocycles. The smallest absolute Gasteiger partial charge is 0.485 e. The van der Waals surface area contributed by atoms with Crippen LogP contribution in [0.1, 0.15) is 41.4 Å². The summed E-state index contributed by atoms with van der Waals surface area (Å²) in [6, 6.07) is 63.0. The first-order chi connectivity index (χ1) is 33.7. The SMILES string of the molecule is O=C(OC[C@H]1OC([P+](c2ccccc2)(c2ccccc2)c2ccccc2)[C@H](OC(=O)c2ccccc2)[C@@H](OC(=O)c2ccccc2)[C@@H]1OC(=O)c1ccccc1)c1ccccc1.O=S(=O)([O-])C(F)(F)F. The number of ether oxygens (including phenoxy) is 5. The fourth-order valence-corrected chi connectivity index (χ4v) is 12.4. The molecule has 8 rings (SSSR count). The average molecular weight is 991 g/mol. The fourth-order valence-electron chi connectivity index (χ4n) is 7.73. The first kappa shape index (κ1) is 50.4. The lowest BCUT2D eigenvalue weighted by Gasteiger charge is -2.47. The van der Waals surface area contributed by atoms with E-state index in [9.17, 15) is 32.3 Å². The second kappa shape index (κ2) is 22.7. The van der Waals surface area contributed by atoms with Gasteiger partial charge in [0.1, 0.15) is 35.9 Å². The second-order valence-corrected chi connectivity index (χ2v) is 20.2. The highest BCUT2D eigenvalue weighted by molar-refractivity contribution is 7.96. The van der Waals surface area contributed by atoms with E-state index >= 15 is 0 Å². The van der Waals surface area contributed by atoms with Crippen LogP contribution in [-0.4, -0.2) is 79.2 Å². The molecule has 1 heterocycles. The molecule has 0 radical (unpaired) electrons. The lowest BCUT2D eigenvalue weighted by atomic mass is 9.98. The molecule has 358 valence electrons. The average Bonchev–Trinajstić information content (AvgIpc) is 3.39. The Bertz CT molecular complexity index is 2840. The number of rotatable bonds is 13. The maximum atomic E-state index is 14.5. The first-order valence-corrected chi connectivity index (χ1v) is 24.7. The van der Waals surface area contributed by atoms with E-state index in [1.807, 2.05) is 91.0 Å². The zero-order valence-corrected chi connectivity index (χ0v) is 38.4. The molecule has 0 saturated carbocycles. The fraction of sp³-hybridized carbons (Fsp3) is 0.132. The van der Waals surface area contributed by atoms with Gasteiger partial charge in [-0.2, -0.15) is 13.2 Å². The Kier molecular flexibility index (Phi) is 16.4. The van der Waals surface area contributed by atoms with Gasteiger partial charge in [0, 0.05) is 0 Å².